The minimum atomic E-state index is -2.42. The lowest BCUT2D eigenvalue weighted by Gasteiger charge is -2.39. The molecule has 3 fully saturated rings. The fourth-order valence-electron chi connectivity index (χ4n) is 4.72. The third-order valence-electron chi connectivity index (χ3n) is 5.43. The lowest BCUT2D eigenvalue weighted by molar-refractivity contribution is -0.0578. The predicted molar refractivity (Wildman–Crippen MR) is 63.9 cm³/mol. The fourth-order valence-corrected chi connectivity index (χ4v) is 4.72. The van der Waals surface area contributed by atoms with E-state index in [1.807, 2.05) is 0 Å². The summed E-state index contributed by atoms with van der Waals surface area (Å²) in [6, 6.07) is 0. The number of alkyl halides is 2. The first-order chi connectivity index (χ1) is 7.97. The molecule has 2 bridgehead atoms. The molecule has 3 rings (SSSR count). The molecule has 0 aromatic carbocycles. The van der Waals surface area contributed by atoms with E-state index in [2.05, 4.69) is 0 Å². The topological polar surface area (TPSA) is 26.0 Å². The zero-order valence-electron chi connectivity index (χ0n) is 10.4. The highest BCUT2D eigenvalue weighted by Gasteiger charge is 2.50. The standard InChI is InChI=1S/C14H23F2N/c15-14(16)5-1-2-11(9-14)8-13(17)7-10-3-4-12(13)6-10/h10-12H,1-9,17H2. The zero-order chi connectivity index (χ0) is 12.1. The van der Waals surface area contributed by atoms with Crippen LogP contribution < -0.4 is 5.73 Å². The van der Waals surface area contributed by atoms with Crippen LogP contribution in [0.4, 0.5) is 8.78 Å². The predicted octanol–water partition coefficient (Wildman–Crippen LogP) is 3.72. The van der Waals surface area contributed by atoms with Crippen LogP contribution in [0, 0.1) is 17.8 Å². The molecule has 0 aliphatic heterocycles. The van der Waals surface area contributed by atoms with Crippen molar-refractivity contribution < 1.29 is 8.78 Å². The Bertz CT molecular complexity index is 305. The molecule has 0 spiro atoms. The zero-order valence-corrected chi connectivity index (χ0v) is 10.4. The molecule has 98 valence electrons. The molecule has 0 amide bonds. The summed E-state index contributed by atoms with van der Waals surface area (Å²) >= 11 is 0. The highest BCUT2D eigenvalue weighted by molar-refractivity contribution is 5.05. The van der Waals surface area contributed by atoms with Gasteiger partial charge >= 0.3 is 0 Å². The van der Waals surface area contributed by atoms with Crippen molar-refractivity contribution in [2.24, 2.45) is 23.5 Å². The van der Waals surface area contributed by atoms with Gasteiger partial charge < -0.3 is 5.73 Å². The maximum atomic E-state index is 13.4. The summed E-state index contributed by atoms with van der Waals surface area (Å²) in [6.45, 7) is 0. The second-order valence-electron chi connectivity index (χ2n) is 6.84. The highest BCUT2D eigenvalue weighted by Crippen LogP contribution is 2.53. The summed E-state index contributed by atoms with van der Waals surface area (Å²) in [7, 11) is 0. The Morgan fingerprint density at radius 2 is 1.94 bits per heavy atom. The Kier molecular flexibility index (Phi) is 2.73. The Labute approximate surface area is 102 Å². The summed E-state index contributed by atoms with van der Waals surface area (Å²) in [5, 5.41) is 0. The Hall–Kier alpha value is -0.180. The van der Waals surface area contributed by atoms with Gasteiger partial charge in [-0.15, -0.1) is 0 Å². The number of hydrogen-bond acceptors (Lipinski definition) is 1. The normalized spacial score (nSPS) is 48.5. The van der Waals surface area contributed by atoms with Crippen LogP contribution >= 0.6 is 0 Å². The molecule has 4 atom stereocenters. The minimum absolute atomic E-state index is 0.0866. The molecule has 0 aromatic rings. The summed E-state index contributed by atoms with van der Waals surface area (Å²) < 4.78 is 26.8. The summed E-state index contributed by atoms with van der Waals surface area (Å²) in [5.41, 5.74) is 6.42. The van der Waals surface area contributed by atoms with Crippen molar-refractivity contribution in [1.29, 1.82) is 0 Å². The maximum Gasteiger partial charge on any atom is 0.248 e. The van der Waals surface area contributed by atoms with Crippen LogP contribution in [0.1, 0.15) is 57.8 Å². The fraction of sp³-hybridized carbons (Fsp3) is 1.00. The van der Waals surface area contributed by atoms with Crippen molar-refractivity contribution in [3.8, 4) is 0 Å². The lowest BCUT2D eigenvalue weighted by atomic mass is 9.72. The number of nitrogens with two attached hydrogens (primary N) is 1. The monoisotopic (exact) mass is 243 g/mol. The first-order valence-corrected chi connectivity index (χ1v) is 7.14. The van der Waals surface area contributed by atoms with E-state index in [-0.39, 0.29) is 24.3 Å². The molecule has 3 aliphatic carbocycles. The van der Waals surface area contributed by atoms with Gasteiger partial charge in [-0.25, -0.2) is 8.78 Å². The third kappa shape index (κ3) is 2.23. The largest absolute Gasteiger partial charge is 0.325 e. The molecule has 4 unspecified atom stereocenters. The number of hydrogen-bond donors (Lipinski definition) is 1. The molecule has 0 aromatic heterocycles. The van der Waals surface area contributed by atoms with Crippen molar-refractivity contribution in [2.45, 2.75) is 69.2 Å². The van der Waals surface area contributed by atoms with E-state index in [0.717, 1.165) is 25.2 Å². The Morgan fingerprint density at radius 1 is 1.12 bits per heavy atom. The van der Waals surface area contributed by atoms with E-state index in [9.17, 15) is 8.78 Å². The summed E-state index contributed by atoms with van der Waals surface area (Å²) in [6.07, 6.45) is 7.60. The smallest absolute Gasteiger partial charge is 0.248 e. The van der Waals surface area contributed by atoms with Gasteiger partial charge in [-0.05, 0) is 56.3 Å². The molecule has 1 nitrogen and oxygen atoms in total. The van der Waals surface area contributed by atoms with E-state index in [1.54, 1.807) is 0 Å². The van der Waals surface area contributed by atoms with E-state index in [1.165, 1.54) is 19.3 Å². The van der Waals surface area contributed by atoms with E-state index < -0.39 is 5.92 Å². The van der Waals surface area contributed by atoms with Gasteiger partial charge in [-0.3, -0.25) is 0 Å². The van der Waals surface area contributed by atoms with Gasteiger partial charge in [0.15, 0.2) is 0 Å². The molecule has 0 heterocycles. The molecule has 2 N–H and O–H groups in total. The molecule has 3 saturated carbocycles. The van der Waals surface area contributed by atoms with Crippen molar-refractivity contribution >= 4 is 0 Å². The van der Waals surface area contributed by atoms with Gasteiger partial charge in [-0.1, -0.05) is 6.42 Å². The molecule has 0 saturated heterocycles. The SMILES string of the molecule is NC1(CC2CCCC(F)(F)C2)CC2CCC1C2. The second-order valence-corrected chi connectivity index (χ2v) is 6.84. The second kappa shape index (κ2) is 3.91. The van der Waals surface area contributed by atoms with Crippen LogP contribution in [-0.4, -0.2) is 11.5 Å². The number of fused-ring (bicyclic) bond motifs is 2. The third-order valence-corrected chi connectivity index (χ3v) is 5.43. The van der Waals surface area contributed by atoms with Gasteiger partial charge in [-0.2, -0.15) is 0 Å². The molecule has 0 radical (unpaired) electrons. The van der Waals surface area contributed by atoms with Gasteiger partial charge in [0, 0.05) is 18.4 Å². The first-order valence-electron chi connectivity index (χ1n) is 7.14. The van der Waals surface area contributed by atoms with Crippen LogP contribution in [0.5, 0.6) is 0 Å². The van der Waals surface area contributed by atoms with Gasteiger partial charge in [0.05, 0.1) is 0 Å². The minimum Gasteiger partial charge on any atom is -0.325 e. The van der Waals surface area contributed by atoms with Crippen molar-refractivity contribution in [2.75, 3.05) is 0 Å². The van der Waals surface area contributed by atoms with E-state index >= 15 is 0 Å². The van der Waals surface area contributed by atoms with Gasteiger partial charge in [0.2, 0.25) is 5.92 Å². The average Bonchev–Trinajstić information content (AvgIpc) is 2.74. The van der Waals surface area contributed by atoms with Crippen molar-refractivity contribution in [3.05, 3.63) is 0 Å². The van der Waals surface area contributed by atoms with Crippen molar-refractivity contribution in [3.63, 3.8) is 0 Å². The van der Waals surface area contributed by atoms with Crippen LogP contribution in [0.15, 0.2) is 0 Å². The van der Waals surface area contributed by atoms with Crippen molar-refractivity contribution in [1.82, 2.24) is 0 Å². The quantitative estimate of drug-likeness (QED) is 0.786. The van der Waals surface area contributed by atoms with Gasteiger partial charge in [0.25, 0.3) is 0 Å². The molecular weight excluding hydrogens is 220 g/mol. The van der Waals surface area contributed by atoms with E-state index in [0.29, 0.717) is 12.3 Å². The molecule has 3 aliphatic rings. The number of halogens is 2. The highest BCUT2D eigenvalue weighted by atomic mass is 19.3. The van der Waals surface area contributed by atoms with Crippen LogP contribution in [0.3, 0.4) is 0 Å². The van der Waals surface area contributed by atoms with Crippen LogP contribution in [0.2, 0.25) is 0 Å². The van der Waals surface area contributed by atoms with Crippen LogP contribution in [-0.2, 0) is 0 Å². The summed E-state index contributed by atoms with van der Waals surface area (Å²) in [5.74, 6) is -0.822. The molecular formula is C14H23F2N. The summed E-state index contributed by atoms with van der Waals surface area (Å²) in [4.78, 5) is 0. The lowest BCUT2D eigenvalue weighted by Crippen LogP contribution is -2.47. The van der Waals surface area contributed by atoms with Crippen LogP contribution in [0.25, 0.3) is 0 Å². The average molecular weight is 243 g/mol. The van der Waals surface area contributed by atoms with Gasteiger partial charge in [0.1, 0.15) is 0 Å². The molecule has 17 heavy (non-hydrogen) atoms. The first kappa shape index (κ1) is 11.9. The maximum absolute atomic E-state index is 13.4. The Morgan fingerprint density at radius 3 is 2.53 bits per heavy atom. The molecule has 3 heteroatoms. The number of rotatable bonds is 2. The van der Waals surface area contributed by atoms with E-state index in [4.69, 9.17) is 5.73 Å². The Balaban J connectivity index is 1.63.